The molecule has 0 aliphatic carbocycles. The van der Waals surface area contributed by atoms with E-state index in [0.717, 1.165) is 0 Å². The van der Waals surface area contributed by atoms with E-state index in [-0.39, 0.29) is 29.9 Å². The zero-order valence-electron chi connectivity index (χ0n) is 21.7. The van der Waals surface area contributed by atoms with Gasteiger partial charge >= 0.3 is 0 Å². The van der Waals surface area contributed by atoms with Crippen LogP contribution in [0.5, 0.6) is 0 Å². The van der Waals surface area contributed by atoms with Crippen molar-refractivity contribution < 1.29 is 38.1 Å². The van der Waals surface area contributed by atoms with Gasteiger partial charge in [0, 0.05) is 44.9 Å². The Hall–Kier alpha value is -2.90. The number of hydrogen-bond acceptors (Lipinski definition) is 10. The van der Waals surface area contributed by atoms with Gasteiger partial charge in [0.1, 0.15) is 6.29 Å². The highest BCUT2D eigenvalue weighted by Crippen LogP contribution is 2.22. The molecule has 0 fully saturated rings. The lowest BCUT2D eigenvalue weighted by atomic mass is 10.0. The van der Waals surface area contributed by atoms with Gasteiger partial charge in [0.15, 0.2) is 6.29 Å². The molecule has 208 valence electrons. The van der Waals surface area contributed by atoms with Crippen LogP contribution in [-0.2, 0) is 28.5 Å². The monoisotopic (exact) mass is 524 g/mol. The Balaban J connectivity index is 2.46. The zero-order chi connectivity index (χ0) is 27.3. The Morgan fingerprint density at radius 2 is 1.57 bits per heavy atom. The number of carbonyl (C=O) groups is 4. The van der Waals surface area contributed by atoms with E-state index in [1.807, 2.05) is 0 Å². The average Bonchev–Trinajstić information content (AvgIpc) is 2.92. The highest BCUT2D eigenvalue weighted by Gasteiger charge is 2.25. The maximum Gasteiger partial charge on any atom is 0.257 e. The first-order valence-electron chi connectivity index (χ1n) is 12.3. The van der Waals surface area contributed by atoms with Gasteiger partial charge in [-0.1, -0.05) is 12.1 Å². The van der Waals surface area contributed by atoms with Crippen molar-refractivity contribution >= 4 is 30.1 Å². The van der Waals surface area contributed by atoms with Crippen molar-refractivity contribution in [2.24, 2.45) is 5.73 Å². The first-order valence-corrected chi connectivity index (χ1v) is 12.3. The van der Waals surface area contributed by atoms with Crippen molar-refractivity contribution in [1.82, 2.24) is 10.2 Å². The molecule has 0 bridgehead atoms. The summed E-state index contributed by atoms with van der Waals surface area (Å²) in [5.41, 5.74) is 6.12. The van der Waals surface area contributed by atoms with E-state index in [9.17, 15) is 19.2 Å². The molecule has 0 heterocycles. The molecule has 12 heteroatoms. The van der Waals surface area contributed by atoms with Gasteiger partial charge in [-0.15, -0.1) is 0 Å². The Morgan fingerprint density at radius 3 is 2.11 bits per heavy atom. The fourth-order valence-electron chi connectivity index (χ4n) is 3.24. The quantitative estimate of drug-likeness (QED) is 0.140. The van der Waals surface area contributed by atoms with Gasteiger partial charge in [-0.05, 0) is 12.5 Å². The lowest BCUT2D eigenvalue weighted by Crippen LogP contribution is -2.39. The van der Waals surface area contributed by atoms with Gasteiger partial charge in [-0.3, -0.25) is 14.4 Å². The Kier molecular flexibility index (Phi) is 17.5. The van der Waals surface area contributed by atoms with Crippen molar-refractivity contribution in [3.63, 3.8) is 0 Å². The first kappa shape index (κ1) is 32.1. The molecule has 1 atom stereocenters. The highest BCUT2D eigenvalue weighted by molar-refractivity contribution is 6.06. The lowest BCUT2D eigenvalue weighted by molar-refractivity contribution is -0.121. The average molecular weight is 525 g/mol. The molecule has 0 aliphatic heterocycles. The largest absolute Gasteiger partial charge is 0.382 e. The predicted molar refractivity (Wildman–Crippen MR) is 138 cm³/mol. The number of anilines is 1. The number of benzene rings is 1. The topological polar surface area (TPSA) is 159 Å². The number of nitrogens with zero attached hydrogens (tertiary/aromatic N) is 1. The molecule has 0 saturated carbocycles. The van der Waals surface area contributed by atoms with Crippen molar-refractivity contribution in [1.29, 1.82) is 0 Å². The Labute approximate surface area is 218 Å². The molecule has 2 amide bonds. The predicted octanol–water partition coefficient (Wildman–Crippen LogP) is 0.102. The van der Waals surface area contributed by atoms with Crippen LogP contribution < -0.4 is 16.4 Å². The van der Waals surface area contributed by atoms with Gasteiger partial charge in [0.2, 0.25) is 5.91 Å². The van der Waals surface area contributed by atoms with Gasteiger partial charge in [-0.2, -0.15) is 0 Å². The van der Waals surface area contributed by atoms with Crippen LogP contribution in [0.1, 0.15) is 33.6 Å². The third kappa shape index (κ3) is 12.8. The molecule has 0 radical (unpaired) electrons. The molecule has 0 aromatic heterocycles. The number of likely N-dealkylation sites (N-methyl/N-ethyl adjacent to an activating group) is 1. The van der Waals surface area contributed by atoms with E-state index >= 15 is 0 Å². The molecule has 0 aliphatic rings. The molecule has 4 N–H and O–H groups in total. The molecular weight excluding hydrogens is 484 g/mol. The summed E-state index contributed by atoms with van der Waals surface area (Å²) in [5, 5.41) is 5.60. The van der Waals surface area contributed by atoms with E-state index in [0.29, 0.717) is 84.2 Å². The van der Waals surface area contributed by atoms with Crippen LogP contribution >= 0.6 is 0 Å². The van der Waals surface area contributed by atoms with Gasteiger partial charge in [-0.25, -0.2) is 0 Å². The molecular formula is C25H40N4O8. The standard InChI is InChI=1S/C25H40N4O8/c1-27-23(32)7-6-21(19-31)29(2)25(33)24-20(18-30)4-3-5-22(24)28-9-11-35-13-15-37-17-16-36-14-12-34-10-8-26/h3-5,18-19,21,28H,6-17,26H2,1-2H3,(H,27,32). The minimum Gasteiger partial charge on any atom is -0.382 e. The van der Waals surface area contributed by atoms with Crippen LogP contribution in [-0.4, -0.2) is 115 Å². The summed E-state index contributed by atoms with van der Waals surface area (Å²) in [7, 11) is 2.97. The molecule has 1 rings (SSSR count). The van der Waals surface area contributed by atoms with E-state index < -0.39 is 11.9 Å². The lowest BCUT2D eigenvalue weighted by Gasteiger charge is -2.25. The summed E-state index contributed by atoms with van der Waals surface area (Å²) < 4.78 is 21.5. The fourth-order valence-corrected chi connectivity index (χ4v) is 3.24. The van der Waals surface area contributed by atoms with Crippen LogP contribution in [0.2, 0.25) is 0 Å². The summed E-state index contributed by atoms with van der Waals surface area (Å²) in [6, 6.07) is 4.06. The number of rotatable bonds is 22. The van der Waals surface area contributed by atoms with Crippen LogP contribution in [0.15, 0.2) is 18.2 Å². The number of aldehydes is 2. The van der Waals surface area contributed by atoms with E-state index in [2.05, 4.69) is 10.6 Å². The Bertz CT molecular complexity index is 824. The van der Waals surface area contributed by atoms with Crippen molar-refractivity contribution in [3.05, 3.63) is 29.3 Å². The molecule has 0 saturated heterocycles. The second-order valence-electron chi connectivity index (χ2n) is 7.88. The van der Waals surface area contributed by atoms with Crippen molar-refractivity contribution in [3.8, 4) is 0 Å². The van der Waals surface area contributed by atoms with Gasteiger partial charge in [0.25, 0.3) is 5.91 Å². The minimum absolute atomic E-state index is 0.0935. The summed E-state index contributed by atoms with van der Waals surface area (Å²) in [6.07, 6.45) is 1.48. The summed E-state index contributed by atoms with van der Waals surface area (Å²) in [6.45, 7) is 4.42. The third-order valence-electron chi connectivity index (χ3n) is 5.30. The number of nitrogens with one attached hydrogen (secondary N) is 2. The normalized spacial score (nSPS) is 11.5. The van der Waals surface area contributed by atoms with E-state index in [1.165, 1.54) is 25.1 Å². The van der Waals surface area contributed by atoms with Gasteiger partial charge < -0.3 is 45.0 Å². The van der Waals surface area contributed by atoms with E-state index in [4.69, 9.17) is 24.7 Å². The third-order valence-corrected chi connectivity index (χ3v) is 5.30. The zero-order valence-corrected chi connectivity index (χ0v) is 21.7. The molecule has 0 spiro atoms. The number of hydrogen-bond donors (Lipinski definition) is 3. The molecule has 37 heavy (non-hydrogen) atoms. The maximum absolute atomic E-state index is 13.2. The summed E-state index contributed by atoms with van der Waals surface area (Å²) >= 11 is 0. The smallest absolute Gasteiger partial charge is 0.257 e. The summed E-state index contributed by atoms with van der Waals surface area (Å²) in [5.74, 6) is -0.729. The second-order valence-corrected chi connectivity index (χ2v) is 7.88. The van der Waals surface area contributed by atoms with Crippen molar-refractivity contribution in [2.75, 3.05) is 85.4 Å². The van der Waals surface area contributed by atoms with E-state index in [1.54, 1.807) is 12.1 Å². The van der Waals surface area contributed by atoms with Crippen molar-refractivity contribution in [2.45, 2.75) is 18.9 Å². The SMILES string of the molecule is CNC(=O)CCC(C=O)N(C)C(=O)c1c(C=O)cccc1NCCOCCOCCOCCOCCN. The minimum atomic E-state index is -0.810. The van der Waals surface area contributed by atoms with Crippen LogP contribution in [0.25, 0.3) is 0 Å². The van der Waals surface area contributed by atoms with Gasteiger partial charge in [0.05, 0.1) is 64.5 Å². The molecule has 1 unspecified atom stereocenters. The van der Waals surface area contributed by atoms with Crippen LogP contribution in [0.4, 0.5) is 5.69 Å². The first-order chi connectivity index (χ1) is 18.0. The maximum atomic E-state index is 13.2. The molecule has 12 nitrogen and oxygen atoms in total. The number of carbonyl (C=O) groups excluding carboxylic acids is 4. The van der Waals surface area contributed by atoms with Crippen LogP contribution in [0.3, 0.4) is 0 Å². The molecule has 1 aromatic carbocycles. The molecule has 1 aromatic rings. The number of nitrogens with two attached hydrogens (primary N) is 1. The fraction of sp³-hybridized carbons (Fsp3) is 0.600. The summed E-state index contributed by atoms with van der Waals surface area (Å²) in [4.78, 5) is 49.2. The number of ether oxygens (including phenoxy) is 4. The second kappa shape index (κ2) is 20.2. The number of amides is 2. The van der Waals surface area contributed by atoms with Crippen LogP contribution in [0, 0.1) is 0 Å². The Morgan fingerprint density at radius 1 is 0.973 bits per heavy atom. The highest BCUT2D eigenvalue weighted by atomic mass is 16.6.